The Morgan fingerprint density at radius 3 is 2.85 bits per heavy atom. The lowest BCUT2D eigenvalue weighted by atomic mass is 10.0. The summed E-state index contributed by atoms with van der Waals surface area (Å²) in [5.41, 5.74) is 0.799. The normalized spacial score (nSPS) is 17.4. The lowest BCUT2D eigenvalue weighted by Crippen LogP contribution is -2.47. The number of hydrogen-bond acceptors (Lipinski definition) is 5. The minimum atomic E-state index is -0.0214. The van der Waals surface area contributed by atoms with Crippen LogP contribution in [0.4, 0.5) is 5.69 Å². The summed E-state index contributed by atoms with van der Waals surface area (Å²) in [6.45, 7) is 2.02. The maximum absolute atomic E-state index is 12.8. The first-order valence-electron chi connectivity index (χ1n) is 9.48. The smallest absolute Gasteiger partial charge is 0.241 e. The summed E-state index contributed by atoms with van der Waals surface area (Å²) in [5, 5.41) is 3.07. The van der Waals surface area contributed by atoms with Crippen molar-refractivity contribution < 1.29 is 9.53 Å². The molecular weight excluding hydrogens is 358 g/mol. The van der Waals surface area contributed by atoms with Crippen LogP contribution < -0.4 is 10.1 Å². The van der Waals surface area contributed by atoms with Crippen LogP contribution in [0.15, 0.2) is 48.8 Å². The molecule has 1 unspecified atom stereocenters. The van der Waals surface area contributed by atoms with Gasteiger partial charge in [-0.25, -0.2) is 0 Å². The summed E-state index contributed by atoms with van der Waals surface area (Å²) in [7, 11) is 0. The van der Waals surface area contributed by atoms with E-state index in [4.69, 9.17) is 4.74 Å². The standard InChI is InChI=1S/C21H27N3O2S/c1-27-15-5-14-24-13-3-2-7-20(24)21(25)23-17-8-10-18(11-9-17)26-19-6-4-12-22-16-19/h4,6,8-12,16,20H,2-3,5,7,13-15H2,1H3,(H,23,25). The molecule has 1 N–H and O–H groups in total. The molecule has 2 heterocycles. The van der Waals surface area contributed by atoms with Gasteiger partial charge in [0.05, 0.1) is 12.2 Å². The molecule has 144 valence electrons. The molecule has 0 aliphatic carbocycles. The Morgan fingerprint density at radius 1 is 1.26 bits per heavy atom. The van der Waals surface area contributed by atoms with E-state index in [1.165, 1.54) is 6.42 Å². The molecule has 5 nitrogen and oxygen atoms in total. The maximum Gasteiger partial charge on any atom is 0.241 e. The maximum atomic E-state index is 12.8. The third kappa shape index (κ3) is 5.97. The van der Waals surface area contributed by atoms with Crippen LogP contribution in [0, 0.1) is 0 Å². The van der Waals surface area contributed by atoms with Crippen molar-refractivity contribution >= 4 is 23.4 Å². The topological polar surface area (TPSA) is 54.5 Å². The molecular formula is C21H27N3O2S. The van der Waals surface area contributed by atoms with Crippen LogP contribution in [-0.4, -0.2) is 46.9 Å². The number of nitrogens with one attached hydrogen (secondary N) is 1. The van der Waals surface area contributed by atoms with Crippen LogP contribution in [0.1, 0.15) is 25.7 Å². The van der Waals surface area contributed by atoms with Crippen molar-refractivity contribution in [2.24, 2.45) is 0 Å². The molecule has 2 aromatic rings. The van der Waals surface area contributed by atoms with Gasteiger partial charge in [-0.05, 0) is 80.8 Å². The van der Waals surface area contributed by atoms with Crippen molar-refractivity contribution in [3.05, 3.63) is 48.8 Å². The lowest BCUT2D eigenvalue weighted by Gasteiger charge is -2.34. The van der Waals surface area contributed by atoms with Gasteiger partial charge in [0.25, 0.3) is 0 Å². The minimum absolute atomic E-state index is 0.0214. The number of rotatable bonds is 8. The second kappa shape index (κ2) is 10.3. The Hall–Kier alpha value is -2.05. The van der Waals surface area contributed by atoms with Crippen LogP contribution in [0.3, 0.4) is 0 Å². The number of carbonyl (C=O) groups is 1. The van der Waals surface area contributed by atoms with Gasteiger partial charge in [-0.1, -0.05) is 6.42 Å². The molecule has 6 heteroatoms. The molecule has 1 amide bonds. The molecule has 0 bridgehead atoms. The fourth-order valence-corrected chi connectivity index (χ4v) is 3.76. The molecule has 1 aromatic heterocycles. The van der Waals surface area contributed by atoms with Crippen molar-refractivity contribution in [3.8, 4) is 11.5 Å². The van der Waals surface area contributed by atoms with Gasteiger partial charge in [0.15, 0.2) is 0 Å². The quantitative estimate of drug-likeness (QED) is 0.682. The van der Waals surface area contributed by atoms with Crippen LogP contribution >= 0.6 is 11.8 Å². The number of ether oxygens (including phenoxy) is 1. The zero-order valence-corrected chi connectivity index (χ0v) is 16.6. The summed E-state index contributed by atoms with van der Waals surface area (Å²) >= 11 is 1.86. The first kappa shape index (κ1) is 19.7. The molecule has 0 radical (unpaired) electrons. The van der Waals surface area contributed by atoms with Crippen molar-refractivity contribution in [1.82, 2.24) is 9.88 Å². The average Bonchev–Trinajstić information content (AvgIpc) is 2.71. The Bertz CT molecular complexity index is 709. The average molecular weight is 386 g/mol. The molecule has 1 saturated heterocycles. The number of piperidine rings is 1. The van der Waals surface area contributed by atoms with Gasteiger partial charge < -0.3 is 10.1 Å². The third-order valence-corrected chi connectivity index (χ3v) is 5.40. The van der Waals surface area contributed by atoms with E-state index >= 15 is 0 Å². The van der Waals surface area contributed by atoms with Crippen molar-refractivity contribution in [2.45, 2.75) is 31.7 Å². The number of carbonyl (C=O) groups excluding carboxylic acids is 1. The molecule has 1 fully saturated rings. The van der Waals surface area contributed by atoms with Crippen LogP contribution in [-0.2, 0) is 4.79 Å². The van der Waals surface area contributed by atoms with E-state index in [2.05, 4.69) is 21.5 Å². The first-order valence-corrected chi connectivity index (χ1v) is 10.9. The number of thioether (sulfide) groups is 1. The van der Waals surface area contributed by atoms with Crippen molar-refractivity contribution in [1.29, 1.82) is 0 Å². The van der Waals surface area contributed by atoms with Crippen LogP contribution in [0.25, 0.3) is 0 Å². The van der Waals surface area contributed by atoms with Crippen LogP contribution in [0.5, 0.6) is 11.5 Å². The Labute approximate surface area is 165 Å². The molecule has 0 saturated carbocycles. The predicted molar refractivity (Wildman–Crippen MR) is 112 cm³/mol. The third-order valence-electron chi connectivity index (χ3n) is 4.70. The van der Waals surface area contributed by atoms with E-state index in [1.54, 1.807) is 12.4 Å². The molecule has 27 heavy (non-hydrogen) atoms. The highest BCUT2D eigenvalue weighted by atomic mass is 32.2. The monoisotopic (exact) mass is 385 g/mol. The number of amides is 1. The number of nitrogens with zero attached hydrogens (tertiary/aromatic N) is 2. The zero-order valence-electron chi connectivity index (χ0n) is 15.8. The largest absolute Gasteiger partial charge is 0.456 e. The second-order valence-electron chi connectivity index (χ2n) is 6.70. The summed E-state index contributed by atoms with van der Waals surface area (Å²) in [6, 6.07) is 11.2. The molecule has 0 spiro atoms. The predicted octanol–water partition coefficient (Wildman–Crippen LogP) is 4.42. The summed E-state index contributed by atoms with van der Waals surface area (Å²) in [5.74, 6) is 2.65. The molecule has 1 aliphatic heterocycles. The number of hydrogen-bond donors (Lipinski definition) is 1. The van der Waals surface area contributed by atoms with E-state index in [0.29, 0.717) is 5.75 Å². The van der Waals surface area contributed by atoms with Crippen molar-refractivity contribution in [3.63, 3.8) is 0 Å². The van der Waals surface area contributed by atoms with Gasteiger partial charge in [0, 0.05) is 11.9 Å². The second-order valence-corrected chi connectivity index (χ2v) is 7.68. The van der Waals surface area contributed by atoms with Gasteiger partial charge >= 0.3 is 0 Å². The Kier molecular flexibility index (Phi) is 7.54. The summed E-state index contributed by atoms with van der Waals surface area (Å²) in [6.07, 6.45) is 9.88. The zero-order chi connectivity index (χ0) is 18.9. The Morgan fingerprint density at radius 2 is 2.11 bits per heavy atom. The van der Waals surface area contributed by atoms with Gasteiger partial charge in [-0.2, -0.15) is 11.8 Å². The Balaban J connectivity index is 1.56. The number of aromatic nitrogens is 1. The lowest BCUT2D eigenvalue weighted by molar-refractivity contribution is -0.122. The van der Waals surface area contributed by atoms with E-state index in [1.807, 2.05) is 48.2 Å². The highest BCUT2D eigenvalue weighted by Crippen LogP contribution is 2.23. The number of likely N-dealkylation sites (tertiary alicyclic amines) is 1. The fourth-order valence-electron chi connectivity index (χ4n) is 3.34. The minimum Gasteiger partial charge on any atom is -0.456 e. The molecule has 1 aromatic carbocycles. The number of anilines is 1. The first-order chi connectivity index (χ1) is 13.3. The van der Waals surface area contributed by atoms with E-state index < -0.39 is 0 Å². The summed E-state index contributed by atoms with van der Waals surface area (Å²) < 4.78 is 5.74. The SMILES string of the molecule is CSCCCN1CCCCC1C(=O)Nc1ccc(Oc2cccnc2)cc1. The van der Waals surface area contributed by atoms with Gasteiger partial charge in [0.1, 0.15) is 11.5 Å². The van der Waals surface area contributed by atoms with E-state index in [-0.39, 0.29) is 11.9 Å². The van der Waals surface area contributed by atoms with Gasteiger partial charge in [0.2, 0.25) is 5.91 Å². The molecule has 3 rings (SSSR count). The number of pyridine rings is 1. The fraction of sp³-hybridized carbons (Fsp3) is 0.429. The van der Waals surface area contributed by atoms with Gasteiger partial charge in [-0.15, -0.1) is 0 Å². The van der Waals surface area contributed by atoms with Crippen molar-refractivity contribution in [2.75, 3.05) is 30.4 Å². The van der Waals surface area contributed by atoms with Gasteiger partial charge in [-0.3, -0.25) is 14.7 Å². The number of benzene rings is 1. The molecule has 1 aliphatic rings. The van der Waals surface area contributed by atoms with Crippen LogP contribution in [0.2, 0.25) is 0 Å². The highest BCUT2D eigenvalue weighted by molar-refractivity contribution is 7.98. The van der Waals surface area contributed by atoms with E-state index in [9.17, 15) is 4.79 Å². The van der Waals surface area contributed by atoms with E-state index in [0.717, 1.165) is 49.5 Å². The summed E-state index contributed by atoms with van der Waals surface area (Å²) in [4.78, 5) is 19.2. The molecule has 1 atom stereocenters. The highest BCUT2D eigenvalue weighted by Gasteiger charge is 2.28.